The molecule has 0 aromatic heterocycles. The van der Waals surface area contributed by atoms with E-state index in [1.165, 1.54) is 0 Å². The topological polar surface area (TPSA) is 107 Å². The zero-order chi connectivity index (χ0) is 12.5. The fraction of sp³-hybridized carbons (Fsp3) is 0.222. The summed E-state index contributed by atoms with van der Waals surface area (Å²) < 4.78 is 4.23. The lowest BCUT2D eigenvalue weighted by molar-refractivity contribution is -0.150. The number of methoxy groups -OCH3 is 1. The van der Waals surface area contributed by atoms with E-state index in [1.807, 2.05) is 0 Å². The first-order chi connectivity index (χ1) is 7.40. The molecule has 1 atom stereocenters. The number of phenolic OH excluding ortho intramolecular Hbond substituents is 3. The van der Waals surface area contributed by atoms with Gasteiger partial charge in [0.2, 0.25) is 0 Å². The van der Waals surface area contributed by atoms with Crippen molar-refractivity contribution in [1.29, 1.82) is 0 Å². The van der Waals surface area contributed by atoms with Gasteiger partial charge in [0.15, 0.2) is 17.6 Å². The van der Waals surface area contributed by atoms with Crippen LogP contribution < -0.4 is 0 Å². The van der Waals surface area contributed by atoms with Gasteiger partial charge in [-0.3, -0.25) is 0 Å². The first-order valence-electron chi connectivity index (χ1n) is 4.09. The van der Waals surface area contributed by atoms with Crippen LogP contribution in [0.4, 0.5) is 0 Å². The highest BCUT2D eigenvalue weighted by atomic mass is 35.5. The van der Waals surface area contributed by atoms with Gasteiger partial charge in [0.05, 0.1) is 17.7 Å². The largest absolute Gasteiger partial charge is 0.506 e. The van der Waals surface area contributed by atoms with Crippen LogP contribution in [-0.2, 0) is 9.53 Å². The smallest absolute Gasteiger partial charge is 0.339 e. The van der Waals surface area contributed by atoms with E-state index in [0.29, 0.717) is 0 Å². The second-order valence-corrected chi connectivity index (χ2v) is 3.29. The molecule has 1 aromatic rings. The van der Waals surface area contributed by atoms with Crippen LogP contribution in [0.3, 0.4) is 0 Å². The first-order valence-corrected chi connectivity index (χ1v) is 4.47. The quantitative estimate of drug-likeness (QED) is 0.348. The summed E-state index contributed by atoms with van der Waals surface area (Å²) in [5, 5.41) is 36.8. The van der Waals surface area contributed by atoms with Crippen LogP contribution in [0, 0.1) is 0 Å². The summed E-state index contributed by atoms with van der Waals surface area (Å²) in [5.74, 6) is -3.15. The van der Waals surface area contributed by atoms with E-state index in [1.54, 1.807) is 0 Å². The molecule has 16 heavy (non-hydrogen) atoms. The number of rotatable bonds is 2. The molecule has 88 valence electrons. The van der Waals surface area contributed by atoms with E-state index in [2.05, 4.69) is 4.74 Å². The third-order valence-electron chi connectivity index (χ3n) is 1.93. The van der Waals surface area contributed by atoms with Crippen LogP contribution in [0.25, 0.3) is 0 Å². The Balaban J connectivity index is 3.37. The van der Waals surface area contributed by atoms with Crippen LogP contribution in [-0.4, -0.2) is 33.5 Å². The lowest BCUT2D eigenvalue weighted by atomic mass is 10.1. The average molecular weight is 249 g/mol. The summed E-state index contributed by atoms with van der Waals surface area (Å²) >= 11 is 5.58. The molecule has 0 saturated heterocycles. The summed E-state index contributed by atoms with van der Waals surface area (Å²) in [7, 11) is 1.03. The minimum atomic E-state index is -1.89. The minimum absolute atomic E-state index is 0.437. The van der Waals surface area contributed by atoms with Crippen molar-refractivity contribution in [3.63, 3.8) is 0 Å². The molecule has 0 aliphatic rings. The molecule has 4 N–H and O–H groups in total. The number of esters is 1. The fourth-order valence-electron chi connectivity index (χ4n) is 1.12. The van der Waals surface area contributed by atoms with Crippen molar-refractivity contribution in [2.45, 2.75) is 6.10 Å². The van der Waals surface area contributed by atoms with Gasteiger partial charge >= 0.3 is 5.97 Å². The maximum atomic E-state index is 11.0. The maximum absolute atomic E-state index is 11.0. The molecule has 0 aliphatic carbocycles. The van der Waals surface area contributed by atoms with Crippen LogP contribution in [0.5, 0.6) is 17.2 Å². The third-order valence-corrected chi connectivity index (χ3v) is 2.33. The van der Waals surface area contributed by atoms with Gasteiger partial charge in [-0.25, -0.2) is 4.79 Å². The summed E-state index contributed by atoms with van der Waals surface area (Å²) in [6, 6.07) is 0.783. The van der Waals surface area contributed by atoms with Gasteiger partial charge in [-0.2, -0.15) is 0 Å². The maximum Gasteiger partial charge on any atom is 0.339 e. The third kappa shape index (κ3) is 1.98. The number of aromatic hydroxyl groups is 3. The van der Waals surface area contributed by atoms with Gasteiger partial charge in [0.1, 0.15) is 5.75 Å². The van der Waals surface area contributed by atoms with Gasteiger partial charge < -0.3 is 25.2 Å². The van der Waals surface area contributed by atoms with E-state index in [-0.39, 0.29) is 0 Å². The van der Waals surface area contributed by atoms with Crippen molar-refractivity contribution in [1.82, 2.24) is 0 Å². The number of carbonyl (C=O) groups excluding carboxylic acids is 1. The zero-order valence-electron chi connectivity index (χ0n) is 8.14. The molecule has 1 aromatic carbocycles. The number of carbonyl (C=O) groups is 1. The van der Waals surface area contributed by atoms with Crippen LogP contribution in [0.1, 0.15) is 11.7 Å². The highest BCUT2D eigenvalue weighted by Crippen LogP contribution is 2.43. The van der Waals surface area contributed by atoms with Gasteiger partial charge in [-0.15, -0.1) is 0 Å². The Bertz CT molecular complexity index is 404. The second-order valence-electron chi connectivity index (χ2n) is 2.92. The van der Waals surface area contributed by atoms with Gasteiger partial charge in [0, 0.05) is 6.07 Å². The average Bonchev–Trinajstić information content (AvgIpc) is 2.25. The molecule has 1 unspecified atom stereocenters. The highest BCUT2D eigenvalue weighted by Gasteiger charge is 2.28. The predicted molar refractivity (Wildman–Crippen MR) is 53.4 cm³/mol. The Hall–Kier alpha value is -1.66. The first kappa shape index (κ1) is 12.4. The lowest BCUT2D eigenvalue weighted by Crippen LogP contribution is -2.14. The molecule has 0 fully saturated rings. The Labute approximate surface area is 95.3 Å². The monoisotopic (exact) mass is 248 g/mol. The second kappa shape index (κ2) is 4.46. The summed E-state index contributed by atoms with van der Waals surface area (Å²) in [6.45, 7) is 0. The lowest BCUT2D eigenvalue weighted by Gasteiger charge is -2.14. The molecule has 1 rings (SSSR count). The summed E-state index contributed by atoms with van der Waals surface area (Å²) in [4.78, 5) is 11.0. The molecule has 0 amide bonds. The van der Waals surface area contributed by atoms with Crippen molar-refractivity contribution in [2.75, 3.05) is 7.11 Å². The van der Waals surface area contributed by atoms with Crippen molar-refractivity contribution >= 4 is 17.6 Å². The number of hydrogen-bond acceptors (Lipinski definition) is 6. The van der Waals surface area contributed by atoms with Crippen LogP contribution in [0.15, 0.2) is 6.07 Å². The molecule has 0 aliphatic heterocycles. The number of halogens is 1. The number of aliphatic hydroxyl groups excluding tert-OH is 1. The molecule has 0 bridgehead atoms. The summed E-state index contributed by atoms with van der Waals surface area (Å²) in [5.41, 5.74) is -0.508. The Morgan fingerprint density at radius 1 is 1.38 bits per heavy atom. The number of phenols is 3. The standard InChI is InChI=1S/C9H9ClO6/c1-16-9(15)8(14)5-6(10)3(11)2-4(12)7(5)13/h2,8,11-14H,1H3. The molecule has 0 saturated carbocycles. The highest BCUT2D eigenvalue weighted by molar-refractivity contribution is 6.33. The normalized spacial score (nSPS) is 12.2. The summed E-state index contributed by atoms with van der Waals surface area (Å²) in [6.07, 6.45) is -1.89. The predicted octanol–water partition coefficient (Wildman–Crippen LogP) is 0.663. The van der Waals surface area contributed by atoms with Gasteiger partial charge in [-0.1, -0.05) is 11.6 Å². The van der Waals surface area contributed by atoms with Crippen molar-refractivity contribution in [3.8, 4) is 17.2 Å². The molecular weight excluding hydrogens is 240 g/mol. The van der Waals surface area contributed by atoms with Crippen molar-refractivity contribution in [3.05, 3.63) is 16.7 Å². The number of aliphatic hydroxyl groups is 1. The Morgan fingerprint density at radius 3 is 2.44 bits per heavy atom. The van der Waals surface area contributed by atoms with Crippen LogP contribution >= 0.6 is 11.6 Å². The van der Waals surface area contributed by atoms with E-state index in [9.17, 15) is 25.2 Å². The molecule has 6 nitrogen and oxygen atoms in total. The van der Waals surface area contributed by atoms with Gasteiger partial charge in [-0.05, 0) is 0 Å². The van der Waals surface area contributed by atoms with E-state index < -0.39 is 39.9 Å². The zero-order valence-corrected chi connectivity index (χ0v) is 8.89. The molecule has 0 spiro atoms. The molecule has 0 radical (unpaired) electrons. The van der Waals surface area contributed by atoms with E-state index in [0.717, 1.165) is 13.2 Å². The van der Waals surface area contributed by atoms with Crippen molar-refractivity contribution < 1.29 is 30.0 Å². The molecule has 7 heteroatoms. The Kier molecular flexibility index (Phi) is 3.46. The number of hydrogen-bond donors (Lipinski definition) is 4. The minimum Gasteiger partial charge on any atom is -0.506 e. The fourth-order valence-corrected chi connectivity index (χ4v) is 1.37. The number of benzene rings is 1. The van der Waals surface area contributed by atoms with Crippen molar-refractivity contribution in [2.24, 2.45) is 0 Å². The van der Waals surface area contributed by atoms with Gasteiger partial charge in [0.25, 0.3) is 0 Å². The van der Waals surface area contributed by atoms with E-state index >= 15 is 0 Å². The molecular formula is C9H9ClO6. The van der Waals surface area contributed by atoms with Crippen LogP contribution in [0.2, 0.25) is 5.02 Å². The number of ether oxygens (including phenoxy) is 1. The SMILES string of the molecule is COC(=O)C(O)c1c(O)c(O)cc(O)c1Cl. The van der Waals surface area contributed by atoms with E-state index in [4.69, 9.17) is 11.6 Å². The Morgan fingerprint density at radius 2 is 1.94 bits per heavy atom. The molecule has 0 heterocycles.